The van der Waals surface area contributed by atoms with Gasteiger partial charge in [-0.1, -0.05) is 0 Å². The number of nitrogen functional groups attached to an aromatic ring is 1. The van der Waals surface area contributed by atoms with Gasteiger partial charge in [0, 0.05) is 29.3 Å². The lowest BCUT2D eigenvalue weighted by Crippen LogP contribution is -2.41. The summed E-state index contributed by atoms with van der Waals surface area (Å²) in [5, 5.41) is 27.2. The Morgan fingerprint density at radius 3 is 2.53 bits per heavy atom. The van der Waals surface area contributed by atoms with E-state index in [-0.39, 0.29) is 61.1 Å². The van der Waals surface area contributed by atoms with E-state index in [0.29, 0.717) is 11.4 Å². The van der Waals surface area contributed by atoms with E-state index in [4.69, 9.17) is 17.3 Å². The van der Waals surface area contributed by atoms with E-state index in [1.54, 1.807) is 12.1 Å². The van der Waals surface area contributed by atoms with Crippen LogP contribution < -0.4 is 21.7 Å². The number of hydrogen-bond acceptors (Lipinski definition) is 12. The van der Waals surface area contributed by atoms with Gasteiger partial charge in [-0.25, -0.2) is 19.6 Å². The second kappa shape index (κ2) is 13.0. The van der Waals surface area contributed by atoms with Crippen LogP contribution in [-0.2, 0) is 20.9 Å². The molecular weight excluding hydrogens is 524 g/mol. The van der Waals surface area contributed by atoms with Crippen molar-refractivity contribution in [1.82, 2.24) is 30.6 Å². The van der Waals surface area contributed by atoms with Gasteiger partial charge >= 0.3 is 11.4 Å². The van der Waals surface area contributed by atoms with Crippen LogP contribution in [0.4, 0.5) is 16.4 Å². The Bertz CT molecular complexity index is 1340. The summed E-state index contributed by atoms with van der Waals surface area (Å²) >= 11 is 5.00. The zero-order valence-electron chi connectivity index (χ0n) is 19.7. The Labute approximate surface area is 219 Å². The molecule has 2 heterocycles. The van der Waals surface area contributed by atoms with Gasteiger partial charge in [-0.3, -0.25) is 9.59 Å². The first-order valence-corrected chi connectivity index (χ1v) is 11.4. The number of benzene rings is 1. The van der Waals surface area contributed by atoms with Gasteiger partial charge in [-0.15, -0.1) is 0 Å². The number of fused-ring (bicyclic) bond motifs is 1. The van der Waals surface area contributed by atoms with E-state index in [0.717, 1.165) is 0 Å². The molecule has 7 N–H and O–H groups in total. The number of aromatic hydroxyl groups is 1. The van der Waals surface area contributed by atoms with Crippen molar-refractivity contribution in [2.24, 2.45) is 0 Å². The van der Waals surface area contributed by atoms with Gasteiger partial charge in [0.15, 0.2) is 11.2 Å². The molecule has 0 aliphatic carbocycles. The molecule has 200 valence electrons. The predicted octanol–water partition coefficient (Wildman–Crippen LogP) is 0.774. The Morgan fingerprint density at radius 2 is 1.84 bits per heavy atom. The lowest BCUT2D eigenvalue weighted by Gasteiger charge is -2.15. The summed E-state index contributed by atoms with van der Waals surface area (Å²) in [4.78, 5) is 62.3. The molecule has 0 spiro atoms. The van der Waals surface area contributed by atoms with Crippen LogP contribution in [0, 0.1) is 0 Å². The molecule has 2 aromatic heterocycles. The fraction of sp³-hybridized carbons (Fsp3) is 0.273. The highest BCUT2D eigenvalue weighted by Gasteiger charge is 2.22. The monoisotopic (exact) mass is 546 g/mol. The molecule has 0 aliphatic rings. The zero-order valence-corrected chi connectivity index (χ0v) is 20.4. The maximum Gasteiger partial charge on any atom is 0.403 e. The van der Waals surface area contributed by atoms with Crippen molar-refractivity contribution < 1.29 is 34.1 Å². The van der Waals surface area contributed by atoms with Crippen LogP contribution in [-0.4, -0.2) is 72.6 Å². The third kappa shape index (κ3) is 8.12. The van der Waals surface area contributed by atoms with Crippen LogP contribution >= 0.6 is 11.6 Å². The lowest BCUT2D eigenvalue weighted by molar-refractivity contribution is -0.139. The molecule has 0 saturated carbocycles. The maximum atomic E-state index is 12.5. The minimum Gasteiger partial charge on any atom is -0.492 e. The Balaban J connectivity index is 1.50. The molecule has 1 unspecified atom stereocenters. The van der Waals surface area contributed by atoms with Crippen molar-refractivity contribution in [3.05, 3.63) is 41.7 Å². The van der Waals surface area contributed by atoms with Crippen molar-refractivity contribution in [2.45, 2.75) is 25.4 Å². The topological polar surface area (TPSA) is 232 Å². The summed E-state index contributed by atoms with van der Waals surface area (Å²) in [6, 6.07) is 4.92. The molecule has 2 amide bonds. The van der Waals surface area contributed by atoms with E-state index in [9.17, 15) is 29.4 Å². The highest BCUT2D eigenvalue weighted by Crippen LogP contribution is 2.19. The highest BCUT2D eigenvalue weighted by atomic mass is 35.5. The summed E-state index contributed by atoms with van der Waals surface area (Å²) in [5.74, 6) is -2.91. The highest BCUT2D eigenvalue weighted by molar-refractivity contribution is 6.61. The summed E-state index contributed by atoms with van der Waals surface area (Å²) in [7, 11) is 0. The number of halogens is 1. The smallest absolute Gasteiger partial charge is 0.403 e. The lowest BCUT2D eigenvalue weighted by atomic mass is 10.1. The van der Waals surface area contributed by atoms with Crippen molar-refractivity contribution in [2.75, 3.05) is 24.2 Å². The second-order valence-corrected chi connectivity index (χ2v) is 8.02. The second-order valence-electron chi connectivity index (χ2n) is 7.71. The number of amides is 2. The van der Waals surface area contributed by atoms with Gasteiger partial charge in [-0.05, 0) is 30.7 Å². The van der Waals surface area contributed by atoms with Crippen LogP contribution in [0.2, 0.25) is 0 Å². The molecule has 1 aromatic carbocycles. The number of nitrogens with two attached hydrogens (primary N) is 1. The average molecular weight is 547 g/mol. The molecule has 0 saturated heterocycles. The van der Waals surface area contributed by atoms with Gasteiger partial charge < -0.3 is 36.6 Å². The molecule has 3 rings (SSSR count). The van der Waals surface area contributed by atoms with Crippen molar-refractivity contribution in [3.8, 4) is 5.88 Å². The van der Waals surface area contributed by atoms with Gasteiger partial charge in [0.1, 0.15) is 12.6 Å². The number of carbonyl (C=O) groups is 4. The molecule has 0 aliphatic heterocycles. The summed E-state index contributed by atoms with van der Waals surface area (Å²) < 4.78 is 4.46. The quantitative estimate of drug-likeness (QED) is 0.136. The largest absolute Gasteiger partial charge is 0.492 e. The number of rotatable bonds is 12. The van der Waals surface area contributed by atoms with Crippen LogP contribution in [0.15, 0.2) is 30.5 Å². The van der Waals surface area contributed by atoms with E-state index in [2.05, 4.69) is 40.6 Å². The number of ether oxygens (including phenoxy) is 1. The van der Waals surface area contributed by atoms with Crippen LogP contribution in [0.5, 0.6) is 5.88 Å². The van der Waals surface area contributed by atoms with E-state index in [1.165, 1.54) is 18.3 Å². The first-order valence-electron chi connectivity index (χ1n) is 11.1. The number of aliphatic carboxylic acids is 1. The fourth-order valence-corrected chi connectivity index (χ4v) is 3.22. The third-order valence-corrected chi connectivity index (χ3v) is 5.09. The number of carboxylic acids is 1. The number of aromatic nitrogens is 4. The van der Waals surface area contributed by atoms with E-state index < -0.39 is 29.3 Å². The molecule has 0 fully saturated rings. The number of nitrogens with one attached hydrogen (secondary N) is 3. The molecule has 0 bridgehead atoms. The summed E-state index contributed by atoms with van der Waals surface area (Å²) in [6.45, 7) is 0.124. The normalized spacial score (nSPS) is 11.4. The Kier molecular flexibility index (Phi) is 9.48. The molecule has 0 radical (unpaired) electrons. The predicted molar refractivity (Wildman–Crippen MR) is 133 cm³/mol. The van der Waals surface area contributed by atoms with Gasteiger partial charge in [0.05, 0.1) is 25.0 Å². The molecule has 1 atom stereocenters. The Hall–Kier alpha value is -4.79. The molecular formula is C22H23ClN8O7. The first-order chi connectivity index (χ1) is 18.1. The third-order valence-electron chi connectivity index (χ3n) is 4.98. The SMILES string of the molecule is Nc1nc(O)c2nc(CNc3ccc(C(=O)NC(CCC(=O)NCCOC(=O)Cl)C(=O)O)cc3)cnc2n1. The minimum atomic E-state index is -1.30. The number of anilines is 2. The van der Waals surface area contributed by atoms with E-state index >= 15 is 0 Å². The summed E-state index contributed by atoms with van der Waals surface area (Å²) in [6.07, 6.45) is 1.13. The standard InChI is InChI=1S/C22H23ClN8O7/c23-21(37)38-8-7-25-15(32)6-5-14(20(35)36)29-18(33)11-1-3-12(4-2-11)26-9-13-10-27-17-16(28-13)19(34)31-22(24)30-17/h1-4,10,14,26H,5-9H2,(H,25,32)(H,29,33)(H,35,36)(H3,24,27,30,31,34). The first kappa shape index (κ1) is 27.8. The van der Waals surface area contributed by atoms with Gasteiger partial charge in [0.2, 0.25) is 17.7 Å². The van der Waals surface area contributed by atoms with Crippen molar-refractivity contribution >= 4 is 57.6 Å². The van der Waals surface area contributed by atoms with Gasteiger partial charge in [-0.2, -0.15) is 9.97 Å². The maximum absolute atomic E-state index is 12.5. The van der Waals surface area contributed by atoms with Crippen molar-refractivity contribution in [3.63, 3.8) is 0 Å². The minimum absolute atomic E-state index is 0.0151. The zero-order chi connectivity index (χ0) is 27.7. The van der Waals surface area contributed by atoms with Crippen molar-refractivity contribution in [1.29, 1.82) is 0 Å². The Morgan fingerprint density at radius 1 is 1.11 bits per heavy atom. The molecule has 38 heavy (non-hydrogen) atoms. The number of hydrogen-bond donors (Lipinski definition) is 6. The number of carboxylic acid groups (broad SMARTS) is 1. The molecule has 15 nitrogen and oxygen atoms in total. The van der Waals surface area contributed by atoms with Gasteiger partial charge in [0.25, 0.3) is 5.91 Å². The molecule has 3 aromatic rings. The fourth-order valence-electron chi connectivity index (χ4n) is 3.15. The summed E-state index contributed by atoms with van der Waals surface area (Å²) in [5.41, 5.74) is 6.06. The average Bonchev–Trinajstić information content (AvgIpc) is 2.87. The number of nitrogens with zero attached hydrogens (tertiary/aromatic N) is 4. The number of carbonyl (C=O) groups excluding carboxylic acids is 3. The molecule has 16 heteroatoms. The van der Waals surface area contributed by atoms with Crippen LogP contribution in [0.1, 0.15) is 28.9 Å². The van der Waals surface area contributed by atoms with Crippen LogP contribution in [0.25, 0.3) is 11.2 Å². The van der Waals surface area contributed by atoms with Crippen LogP contribution in [0.3, 0.4) is 0 Å². The van der Waals surface area contributed by atoms with E-state index in [1.807, 2.05) is 0 Å².